The molecule has 0 fully saturated rings. The first kappa shape index (κ1) is 16.5. The molecule has 8 nitrogen and oxygen atoms in total. The van der Waals surface area contributed by atoms with Crippen LogP contribution in [-0.2, 0) is 22.5 Å². The van der Waals surface area contributed by atoms with Crippen molar-refractivity contribution in [1.82, 2.24) is 24.6 Å². The molecule has 134 valence electrons. The quantitative estimate of drug-likeness (QED) is 0.670. The van der Waals surface area contributed by atoms with E-state index in [-0.39, 0.29) is 5.91 Å². The number of ether oxygens (including phenoxy) is 1. The molecule has 0 aliphatic carbocycles. The molecular formula is C18H19N5O3. The molecule has 2 aromatic heterocycles. The van der Waals surface area contributed by atoms with Crippen molar-refractivity contribution in [3.8, 4) is 11.6 Å². The summed E-state index contributed by atoms with van der Waals surface area (Å²) in [7, 11) is 1.63. The Morgan fingerprint density at radius 2 is 2.12 bits per heavy atom. The molecule has 1 aromatic carbocycles. The minimum atomic E-state index is -0.437. The van der Waals surface area contributed by atoms with Gasteiger partial charge in [-0.3, -0.25) is 9.36 Å². The van der Waals surface area contributed by atoms with Crippen LogP contribution in [0.25, 0.3) is 11.6 Å². The number of benzene rings is 1. The number of oxazole rings is 1. The van der Waals surface area contributed by atoms with Crippen LogP contribution in [-0.4, -0.2) is 50.8 Å². The Balaban J connectivity index is 1.74. The van der Waals surface area contributed by atoms with Gasteiger partial charge in [0, 0.05) is 20.1 Å². The summed E-state index contributed by atoms with van der Waals surface area (Å²) in [5, 5.41) is 8.54. The molecule has 1 aliphatic rings. The minimum Gasteiger partial charge on any atom is -0.440 e. The molecule has 26 heavy (non-hydrogen) atoms. The third-order valence-corrected chi connectivity index (χ3v) is 4.50. The molecule has 3 aromatic rings. The van der Waals surface area contributed by atoms with E-state index in [4.69, 9.17) is 9.15 Å². The molecule has 0 unspecified atom stereocenters. The van der Waals surface area contributed by atoms with Gasteiger partial charge in [0.1, 0.15) is 6.04 Å². The highest BCUT2D eigenvalue weighted by atomic mass is 16.5. The number of aromatic nitrogens is 4. The Bertz CT molecular complexity index is 876. The highest BCUT2D eigenvalue weighted by Gasteiger charge is 2.36. The highest BCUT2D eigenvalue weighted by molar-refractivity contribution is 5.82. The number of hydrogen-bond acceptors (Lipinski definition) is 6. The van der Waals surface area contributed by atoms with Crippen molar-refractivity contribution in [2.24, 2.45) is 0 Å². The van der Waals surface area contributed by atoms with E-state index < -0.39 is 6.04 Å². The number of nitrogens with zero attached hydrogens (tertiary/aromatic N) is 5. The van der Waals surface area contributed by atoms with Crippen LogP contribution in [0.1, 0.15) is 17.4 Å². The number of amides is 1. The number of hydrogen-bond donors (Lipinski definition) is 0. The van der Waals surface area contributed by atoms with Gasteiger partial charge < -0.3 is 14.1 Å². The van der Waals surface area contributed by atoms with Crippen LogP contribution in [0.3, 0.4) is 0 Å². The third-order valence-electron chi connectivity index (χ3n) is 4.50. The van der Waals surface area contributed by atoms with Crippen LogP contribution in [0.4, 0.5) is 0 Å². The maximum atomic E-state index is 13.2. The molecule has 0 N–H and O–H groups in total. The molecule has 0 saturated heterocycles. The molecule has 0 saturated carbocycles. The number of rotatable bonds is 6. The van der Waals surface area contributed by atoms with Gasteiger partial charge in [0.05, 0.1) is 19.3 Å². The maximum Gasteiger partial charge on any atom is 0.246 e. The van der Waals surface area contributed by atoms with Gasteiger partial charge in [-0.05, 0) is 5.56 Å². The van der Waals surface area contributed by atoms with E-state index in [1.807, 2.05) is 34.9 Å². The Kier molecular flexibility index (Phi) is 4.49. The lowest BCUT2D eigenvalue weighted by molar-refractivity contribution is -0.138. The van der Waals surface area contributed by atoms with E-state index in [0.717, 1.165) is 11.4 Å². The van der Waals surface area contributed by atoms with Crippen molar-refractivity contribution in [2.75, 3.05) is 20.3 Å². The molecular weight excluding hydrogens is 334 g/mol. The second kappa shape index (κ2) is 7.09. The monoisotopic (exact) mass is 353 g/mol. The van der Waals surface area contributed by atoms with Gasteiger partial charge in [-0.2, -0.15) is 0 Å². The van der Waals surface area contributed by atoms with Crippen LogP contribution in [0.5, 0.6) is 0 Å². The average Bonchev–Trinajstić information content (AvgIpc) is 3.33. The molecule has 0 spiro atoms. The summed E-state index contributed by atoms with van der Waals surface area (Å²) in [6.07, 6.45) is 3.48. The third kappa shape index (κ3) is 2.99. The van der Waals surface area contributed by atoms with Crippen LogP contribution >= 0.6 is 0 Å². The number of fused-ring (bicyclic) bond motifs is 1. The Hall–Kier alpha value is -3.00. The van der Waals surface area contributed by atoms with Crippen LogP contribution < -0.4 is 0 Å². The van der Waals surface area contributed by atoms with Gasteiger partial charge in [0.2, 0.25) is 11.7 Å². The molecule has 1 atom stereocenters. The average molecular weight is 353 g/mol. The first-order valence-corrected chi connectivity index (χ1v) is 8.42. The molecule has 8 heteroatoms. The van der Waals surface area contributed by atoms with Crippen LogP contribution in [0, 0.1) is 0 Å². The van der Waals surface area contributed by atoms with E-state index in [9.17, 15) is 4.79 Å². The van der Waals surface area contributed by atoms with Crippen LogP contribution in [0.15, 0.2) is 47.3 Å². The normalized spacial score (nSPS) is 16.7. The molecule has 0 bridgehead atoms. The first-order chi connectivity index (χ1) is 12.8. The smallest absolute Gasteiger partial charge is 0.246 e. The Morgan fingerprint density at radius 1 is 1.27 bits per heavy atom. The second-order valence-electron chi connectivity index (χ2n) is 6.13. The fourth-order valence-electron chi connectivity index (χ4n) is 3.23. The predicted molar refractivity (Wildman–Crippen MR) is 92.0 cm³/mol. The van der Waals surface area contributed by atoms with E-state index in [1.165, 1.54) is 6.39 Å². The van der Waals surface area contributed by atoms with Crippen molar-refractivity contribution in [1.29, 1.82) is 0 Å². The van der Waals surface area contributed by atoms with Gasteiger partial charge in [-0.1, -0.05) is 30.3 Å². The van der Waals surface area contributed by atoms with Crippen molar-refractivity contribution in [3.63, 3.8) is 0 Å². The van der Waals surface area contributed by atoms with Crippen LogP contribution in [0.2, 0.25) is 0 Å². The van der Waals surface area contributed by atoms with Gasteiger partial charge in [-0.15, -0.1) is 10.2 Å². The van der Waals surface area contributed by atoms with Crippen molar-refractivity contribution < 1.29 is 13.9 Å². The summed E-state index contributed by atoms with van der Waals surface area (Å²) in [5.74, 6) is 1.78. The van der Waals surface area contributed by atoms with E-state index in [2.05, 4.69) is 15.2 Å². The zero-order valence-electron chi connectivity index (χ0n) is 14.4. The summed E-state index contributed by atoms with van der Waals surface area (Å²) >= 11 is 0. The van der Waals surface area contributed by atoms with Crippen molar-refractivity contribution in [3.05, 3.63) is 54.3 Å². The zero-order chi connectivity index (χ0) is 17.9. The summed E-state index contributed by atoms with van der Waals surface area (Å²) in [4.78, 5) is 18.9. The Labute approximate surface area is 150 Å². The van der Waals surface area contributed by atoms with Gasteiger partial charge in [0.25, 0.3) is 0 Å². The maximum absolute atomic E-state index is 13.2. The lowest BCUT2D eigenvalue weighted by Crippen LogP contribution is -2.45. The highest BCUT2D eigenvalue weighted by Crippen LogP contribution is 2.30. The summed E-state index contributed by atoms with van der Waals surface area (Å²) in [5.41, 5.74) is 1.07. The predicted octanol–water partition coefficient (Wildman–Crippen LogP) is 1.71. The lowest BCUT2D eigenvalue weighted by Gasteiger charge is -2.33. The van der Waals surface area contributed by atoms with E-state index in [1.54, 1.807) is 18.2 Å². The van der Waals surface area contributed by atoms with Gasteiger partial charge in [0.15, 0.2) is 18.0 Å². The standard InChI is InChI=1S/C18H19N5O3/c1-25-8-7-22-11-16-20-21-17(15-10-19-12-26-15)23(16)14(18(22)24)9-13-5-3-2-4-6-13/h2-6,10,12,14H,7-9,11H2,1H3/t14-/m1/s1. The first-order valence-electron chi connectivity index (χ1n) is 8.42. The van der Waals surface area contributed by atoms with Crippen molar-refractivity contribution >= 4 is 5.91 Å². The summed E-state index contributed by atoms with van der Waals surface area (Å²) in [6, 6.07) is 9.49. The number of carbonyl (C=O) groups is 1. The van der Waals surface area contributed by atoms with Gasteiger partial charge >= 0.3 is 0 Å². The van der Waals surface area contributed by atoms with Crippen molar-refractivity contribution in [2.45, 2.75) is 19.0 Å². The number of methoxy groups -OCH3 is 1. The molecule has 1 amide bonds. The Morgan fingerprint density at radius 3 is 2.85 bits per heavy atom. The second-order valence-corrected chi connectivity index (χ2v) is 6.13. The van der Waals surface area contributed by atoms with Gasteiger partial charge in [-0.25, -0.2) is 4.98 Å². The SMILES string of the molecule is COCCN1Cc2nnc(-c3cnco3)n2[C@H](Cc2ccccc2)C1=O. The fourth-order valence-corrected chi connectivity index (χ4v) is 3.23. The lowest BCUT2D eigenvalue weighted by atomic mass is 10.0. The van der Waals surface area contributed by atoms with E-state index >= 15 is 0 Å². The number of carbonyl (C=O) groups excluding carboxylic acids is 1. The molecule has 1 aliphatic heterocycles. The molecule has 3 heterocycles. The molecule has 0 radical (unpaired) electrons. The summed E-state index contributed by atoms with van der Waals surface area (Å²) in [6.45, 7) is 1.40. The van der Waals surface area contributed by atoms with E-state index in [0.29, 0.717) is 37.7 Å². The fraction of sp³-hybridized carbons (Fsp3) is 0.333. The summed E-state index contributed by atoms with van der Waals surface area (Å²) < 4.78 is 12.4. The zero-order valence-corrected chi connectivity index (χ0v) is 14.4. The minimum absolute atomic E-state index is 0.0268. The molecule has 4 rings (SSSR count). The largest absolute Gasteiger partial charge is 0.440 e. The topological polar surface area (TPSA) is 86.3 Å².